The van der Waals surface area contributed by atoms with Crippen LogP contribution < -0.4 is 0 Å². The highest BCUT2D eigenvalue weighted by Gasteiger charge is 2.02. The molecule has 88 valence electrons. The van der Waals surface area contributed by atoms with Crippen LogP contribution in [0.2, 0.25) is 0 Å². The molecule has 0 unspecified atom stereocenters. The summed E-state index contributed by atoms with van der Waals surface area (Å²) in [6.45, 7) is 2.12. The minimum Gasteiger partial charge on any atom is -0.256 e. The van der Waals surface area contributed by atoms with E-state index in [-0.39, 0.29) is 0 Å². The number of aryl methyl sites for hydroxylation is 1. The molecule has 0 saturated heterocycles. The molecule has 0 aliphatic heterocycles. The van der Waals surface area contributed by atoms with E-state index in [4.69, 9.17) is 0 Å². The van der Waals surface area contributed by atoms with E-state index in [0.29, 0.717) is 0 Å². The number of hydrogen-bond acceptors (Lipinski definition) is 1. The van der Waals surface area contributed by atoms with Gasteiger partial charge < -0.3 is 0 Å². The Morgan fingerprint density at radius 3 is 2.50 bits per heavy atom. The third-order valence-electron chi connectivity index (χ3n) is 3.25. The van der Waals surface area contributed by atoms with E-state index in [1.807, 2.05) is 12.3 Å². The lowest BCUT2D eigenvalue weighted by atomic mass is 10.0. The first-order valence-corrected chi connectivity index (χ1v) is 6.21. The van der Waals surface area contributed by atoms with Gasteiger partial charge in [-0.3, -0.25) is 4.98 Å². The van der Waals surface area contributed by atoms with Crippen molar-refractivity contribution in [3.05, 3.63) is 77.5 Å². The van der Waals surface area contributed by atoms with Crippen molar-refractivity contribution in [3.8, 4) is 0 Å². The monoisotopic (exact) mass is 233 g/mol. The summed E-state index contributed by atoms with van der Waals surface area (Å²) in [6, 6.07) is 19.2. The zero-order valence-electron chi connectivity index (χ0n) is 10.4. The van der Waals surface area contributed by atoms with Gasteiger partial charge in [0, 0.05) is 11.6 Å². The number of hydrogen-bond donors (Lipinski definition) is 0. The molecule has 0 atom stereocenters. The average Bonchev–Trinajstić information content (AvgIpc) is 2.42. The summed E-state index contributed by atoms with van der Waals surface area (Å²) < 4.78 is 0. The number of benzene rings is 2. The summed E-state index contributed by atoms with van der Waals surface area (Å²) in [6.07, 6.45) is 2.86. The molecule has 0 spiro atoms. The Balaban J connectivity index is 2.02. The molecule has 1 heteroatoms. The van der Waals surface area contributed by atoms with Gasteiger partial charge >= 0.3 is 0 Å². The van der Waals surface area contributed by atoms with Crippen molar-refractivity contribution >= 4 is 10.9 Å². The Labute approximate surface area is 107 Å². The highest BCUT2D eigenvalue weighted by Crippen LogP contribution is 2.19. The second-order valence-corrected chi connectivity index (χ2v) is 4.65. The van der Waals surface area contributed by atoms with E-state index >= 15 is 0 Å². The first-order valence-electron chi connectivity index (χ1n) is 6.21. The summed E-state index contributed by atoms with van der Waals surface area (Å²) in [7, 11) is 0. The molecular formula is C17H15N. The van der Waals surface area contributed by atoms with Crippen LogP contribution in [0.5, 0.6) is 0 Å². The minimum atomic E-state index is 0.962. The maximum atomic E-state index is 4.40. The largest absolute Gasteiger partial charge is 0.256 e. The molecule has 1 heterocycles. The van der Waals surface area contributed by atoms with Gasteiger partial charge in [-0.25, -0.2) is 0 Å². The third-order valence-corrected chi connectivity index (χ3v) is 3.25. The summed E-state index contributed by atoms with van der Waals surface area (Å²) in [5, 5.41) is 1.25. The number of aromatic nitrogens is 1. The third kappa shape index (κ3) is 2.12. The van der Waals surface area contributed by atoms with Gasteiger partial charge in [-0.15, -0.1) is 0 Å². The molecule has 1 aromatic heterocycles. The number of nitrogens with zero attached hydrogens (tertiary/aromatic N) is 1. The Bertz CT molecular complexity index is 663. The second kappa shape index (κ2) is 4.61. The summed E-state index contributed by atoms with van der Waals surface area (Å²) >= 11 is 0. The van der Waals surface area contributed by atoms with Gasteiger partial charge in [-0.1, -0.05) is 48.0 Å². The molecule has 2 aromatic carbocycles. The zero-order chi connectivity index (χ0) is 12.4. The van der Waals surface area contributed by atoms with Crippen LogP contribution in [0.25, 0.3) is 10.9 Å². The van der Waals surface area contributed by atoms with Crippen LogP contribution in [0.1, 0.15) is 16.7 Å². The van der Waals surface area contributed by atoms with Crippen molar-refractivity contribution in [2.75, 3.05) is 0 Å². The van der Waals surface area contributed by atoms with Crippen molar-refractivity contribution in [1.82, 2.24) is 4.98 Å². The topological polar surface area (TPSA) is 12.9 Å². The fourth-order valence-electron chi connectivity index (χ4n) is 2.24. The van der Waals surface area contributed by atoms with Gasteiger partial charge in [0.2, 0.25) is 0 Å². The molecule has 18 heavy (non-hydrogen) atoms. The normalized spacial score (nSPS) is 10.7. The quantitative estimate of drug-likeness (QED) is 0.648. The SMILES string of the molecule is Cc1ccc(Cc2ccnc3ccccc23)cc1. The number of pyridine rings is 1. The molecule has 0 aliphatic carbocycles. The number of para-hydroxylation sites is 1. The lowest BCUT2D eigenvalue weighted by molar-refractivity contribution is 1.19. The van der Waals surface area contributed by atoms with Crippen LogP contribution in [-0.4, -0.2) is 4.98 Å². The van der Waals surface area contributed by atoms with E-state index in [0.717, 1.165) is 11.9 Å². The van der Waals surface area contributed by atoms with Crippen molar-refractivity contribution in [2.45, 2.75) is 13.3 Å². The number of fused-ring (bicyclic) bond motifs is 1. The molecule has 3 rings (SSSR count). The molecule has 0 amide bonds. The number of rotatable bonds is 2. The lowest BCUT2D eigenvalue weighted by Gasteiger charge is -2.06. The van der Waals surface area contributed by atoms with Gasteiger partial charge in [0.1, 0.15) is 0 Å². The Morgan fingerprint density at radius 2 is 1.67 bits per heavy atom. The molecule has 3 aromatic rings. The van der Waals surface area contributed by atoms with Gasteiger partial charge in [-0.05, 0) is 36.6 Å². The van der Waals surface area contributed by atoms with Crippen LogP contribution >= 0.6 is 0 Å². The van der Waals surface area contributed by atoms with Crippen molar-refractivity contribution < 1.29 is 0 Å². The minimum absolute atomic E-state index is 0.962. The van der Waals surface area contributed by atoms with Crippen molar-refractivity contribution in [2.24, 2.45) is 0 Å². The lowest BCUT2D eigenvalue weighted by Crippen LogP contribution is -1.91. The summed E-state index contributed by atoms with van der Waals surface area (Å²) in [5.74, 6) is 0. The van der Waals surface area contributed by atoms with E-state index in [2.05, 4.69) is 60.4 Å². The van der Waals surface area contributed by atoms with Crippen molar-refractivity contribution in [1.29, 1.82) is 0 Å². The fraction of sp³-hybridized carbons (Fsp3) is 0.118. The molecule has 0 saturated carbocycles. The van der Waals surface area contributed by atoms with Gasteiger partial charge in [0.15, 0.2) is 0 Å². The predicted molar refractivity (Wildman–Crippen MR) is 75.7 cm³/mol. The molecule has 0 N–H and O–H groups in total. The smallest absolute Gasteiger partial charge is 0.0704 e. The van der Waals surface area contributed by atoms with Crippen LogP contribution in [0.15, 0.2) is 60.8 Å². The molecule has 0 aliphatic rings. The summed E-state index contributed by atoms with van der Waals surface area (Å²) in [4.78, 5) is 4.40. The van der Waals surface area contributed by atoms with Crippen LogP contribution in [0, 0.1) is 6.92 Å². The molecule has 0 fully saturated rings. The van der Waals surface area contributed by atoms with Gasteiger partial charge in [0.25, 0.3) is 0 Å². The first kappa shape index (κ1) is 11.0. The molecular weight excluding hydrogens is 218 g/mol. The first-order chi connectivity index (χ1) is 8.83. The van der Waals surface area contributed by atoms with Gasteiger partial charge in [-0.2, -0.15) is 0 Å². The predicted octanol–water partition coefficient (Wildman–Crippen LogP) is 4.13. The maximum Gasteiger partial charge on any atom is 0.0704 e. The fourth-order valence-corrected chi connectivity index (χ4v) is 2.24. The van der Waals surface area contributed by atoms with Gasteiger partial charge in [0.05, 0.1) is 5.52 Å². The molecule has 0 bridgehead atoms. The maximum absolute atomic E-state index is 4.40. The van der Waals surface area contributed by atoms with E-state index in [1.165, 1.54) is 22.1 Å². The highest BCUT2D eigenvalue weighted by atomic mass is 14.6. The van der Waals surface area contributed by atoms with E-state index in [1.54, 1.807) is 0 Å². The van der Waals surface area contributed by atoms with Crippen molar-refractivity contribution in [3.63, 3.8) is 0 Å². The Morgan fingerprint density at radius 1 is 0.889 bits per heavy atom. The van der Waals surface area contributed by atoms with Crippen LogP contribution in [0.3, 0.4) is 0 Å². The van der Waals surface area contributed by atoms with E-state index in [9.17, 15) is 0 Å². The Hall–Kier alpha value is -2.15. The van der Waals surface area contributed by atoms with Crippen LogP contribution in [-0.2, 0) is 6.42 Å². The Kier molecular flexibility index (Phi) is 2.81. The molecule has 0 radical (unpaired) electrons. The summed E-state index contributed by atoms with van der Waals surface area (Å²) in [5.41, 5.74) is 5.06. The zero-order valence-corrected chi connectivity index (χ0v) is 10.4. The average molecular weight is 233 g/mol. The highest BCUT2D eigenvalue weighted by molar-refractivity contribution is 5.82. The standard InChI is InChI=1S/C17H15N/c1-13-6-8-14(9-7-13)12-15-10-11-18-17-5-3-2-4-16(15)17/h2-11H,12H2,1H3. The molecule has 1 nitrogen and oxygen atoms in total. The van der Waals surface area contributed by atoms with E-state index < -0.39 is 0 Å². The second-order valence-electron chi connectivity index (χ2n) is 4.65. The van der Waals surface area contributed by atoms with Crippen LogP contribution in [0.4, 0.5) is 0 Å².